The molecule has 0 saturated heterocycles. The molecule has 0 spiro atoms. The smallest absolute Gasteiger partial charge is 0.736 e. The molecule has 0 amide bonds. The van der Waals surface area contributed by atoms with Gasteiger partial charge in [0.2, 0.25) is 0 Å². The van der Waals surface area contributed by atoms with Crippen LogP contribution in [-0.4, -0.2) is 0 Å². The Labute approximate surface area is 236 Å². The standard InChI is InChI=1S/C29H47O4P.Na/c1-24(2,3)28(25(4,5)6)15-13-22-20(18-28)17-21-19-29(26(7,8)9,27(10,11)12)16-14-23(21)33-34(30,31)32-22;/h13-16H,17-19H2,1-12H3,(H,30,31);/q;+1/p-1. The SMILES string of the molecule is CC(C)(C)C1(C(C)(C)C)C=CC2=C(CC3=C(C=CC(C(C)(C)C)(C(C)(C)C)C3)OP(=O)([O-])O2)C1.[Na+]. The van der Waals surface area contributed by atoms with Crippen molar-refractivity contribution in [1.82, 2.24) is 0 Å². The maximum Gasteiger partial charge on any atom is 1.00 e. The molecule has 1 aliphatic heterocycles. The van der Waals surface area contributed by atoms with Crippen molar-refractivity contribution in [3.05, 3.63) is 47.0 Å². The molecule has 0 fully saturated rings. The van der Waals surface area contributed by atoms with E-state index in [1.54, 1.807) is 0 Å². The first-order valence-electron chi connectivity index (χ1n) is 12.6. The van der Waals surface area contributed by atoms with Gasteiger partial charge in [-0.25, -0.2) is 4.57 Å². The van der Waals surface area contributed by atoms with Gasteiger partial charge in [-0.05, 0) is 64.2 Å². The summed E-state index contributed by atoms with van der Waals surface area (Å²) in [6, 6.07) is 0. The average molecular weight is 513 g/mol. The predicted octanol–water partition coefficient (Wildman–Crippen LogP) is 5.48. The average Bonchev–Trinajstić information content (AvgIpc) is 2.58. The molecule has 6 heteroatoms. The molecule has 0 saturated carbocycles. The van der Waals surface area contributed by atoms with Gasteiger partial charge in [-0.2, -0.15) is 0 Å². The topological polar surface area (TPSA) is 58.6 Å². The summed E-state index contributed by atoms with van der Waals surface area (Å²) in [4.78, 5) is 12.9. The zero-order valence-corrected chi connectivity index (χ0v) is 27.4. The third-order valence-corrected chi connectivity index (χ3v) is 9.76. The second kappa shape index (κ2) is 9.19. The molecule has 0 aromatic rings. The van der Waals surface area contributed by atoms with E-state index in [-0.39, 0.29) is 62.0 Å². The van der Waals surface area contributed by atoms with E-state index < -0.39 is 7.82 Å². The largest absolute Gasteiger partial charge is 1.00 e. The molecule has 3 rings (SSSR count). The number of allylic oxidation sites excluding steroid dienone is 6. The van der Waals surface area contributed by atoms with E-state index >= 15 is 0 Å². The van der Waals surface area contributed by atoms with Crippen LogP contribution in [0.25, 0.3) is 0 Å². The first kappa shape index (κ1) is 31.0. The summed E-state index contributed by atoms with van der Waals surface area (Å²) < 4.78 is 24.0. The van der Waals surface area contributed by atoms with E-state index in [0.29, 0.717) is 17.9 Å². The zero-order valence-electron chi connectivity index (χ0n) is 24.5. The zero-order chi connectivity index (χ0) is 26.2. The van der Waals surface area contributed by atoms with Crippen LogP contribution >= 0.6 is 7.82 Å². The molecular weight excluding hydrogens is 466 g/mol. The van der Waals surface area contributed by atoms with Gasteiger partial charge in [0, 0.05) is 10.8 Å². The number of rotatable bonds is 0. The minimum absolute atomic E-state index is 0. The van der Waals surface area contributed by atoms with Crippen LogP contribution in [0.1, 0.15) is 102 Å². The van der Waals surface area contributed by atoms with Crippen LogP contribution in [0.15, 0.2) is 47.0 Å². The minimum Gasteiger partial charge on any atom is -0.736 e. The molecule has 0 N–H and O–H groups in total. The van der Waals surface area contributed by atoms with Gasteiger partial charge in [0.25, 0.3) is 0 Å². The van der Waals surface area contributed by atoms with E-state index in [9.17, 15) is 9.46 Å². The van der Waals surface area contributed by atoms with Crippen LogP contribution in [0.2, 0.25) is 0 Å². The van der Waals surface area contributed by atoms with E-state index in [0.717, 1.165) is 24.0 Å². The predicted molar refractivity (Wildman–Crippen MR) is 139 cm³/mol. The molecule has 192 valence electrons. The molecule has 0 unspecified atom stereocenters. The van der Waals surface area contributed by atoms with Crippen molar-refractivity contribution in [2.24, 2.45) is 32.5 Å². The Morgan fingerprint density at radius 2 is 0.971 bits per heavy atom. The van der Waals surface area contributed by atoms with Crippen LogP contribution in [-0.2, 0) is 13.6 Å². The van der Waals surface area contributed by atoms with Gasteiger partial charge in [0.1, 0.15) is 11.5 Å². The molecular formula is C29H46NaO4P. The summed E-state index contributed by atoms with van der Waals surface area (Å²) in [5.41, 5.74) is 1.71. The van der Waals surface area contributed by atoms with Crippen molar-refractivity contribution in [3.8, 4) is 0 Å². The maximum absolute atomic E-state index is 12.9. The molecule has 35 heavy (non-hydrogen) atoms. The van der Waals surface area contributed by atoms with Crippen molar-refractivity contribution in [1.29, 1.82) is 0 Å². The van der Waals surface area contributed by atoms with Crippen LogP contribution < -0.4 is 34.5 Å². The van der Waals surface area contributed by atoms with Crippen LogP contribution in [0, 0.1) is 32.5 Å². The fourth-order valence-corrected chi connectivity index (χ4v) is 7.85. The molecule has 0 aromatic carbocycles. The van der Waals surface area contributed by atoms with Crippen LogP contribution in [0.5, 0.6) is 0 Å². The third-order valence-electron chi connectivity index (χ3n) is 8.92. The van der Waals surface area contributed by atoms with Gasteiger partial charge in [-0.15, -0.1) is 0 Å². The first-order valence-corrected chi connectivity index (χ1v) is 14.0. The second-order valence-corrected chi connectivity index (χ2v) is 16.0. The van der Waals surface area contributed by atoms with Gasteiger partial charge in [0.05, 0.1) is 0 Å². The van der Waals surface area contributed by atoms with Crippen LogP contribution in [0.3, 0.4) is 0 Å². The number of hydrogen-bond donors (Lipinski definition) is 0. The Morgan fingerprint density at radius 3 is 1.23 bits per heavy atom. The van der Waals surface area contributed by atoms with Gasteiger partial charge in [0.15, 0.2) is 0 Å². The summed E-state index contributed by atoms with van der Waals surface area (Å²) in [6.45, 7) is 27.3. The van der Waals surface area contributed by atoms with E-state index in [1.165, 1.54) is 0 Å². The van der Waals surface area contributed by atoms with Gasteiger partial charge in [-0.1, -0.05) is 95.2 Å². The fraction of sp³-hybridized carbons (Fsp3) is 0.724. The van der Waals surface area contributed by atoms with E-state index in [4.69, 9.17) is 9.05 Å². The van der Waals surface area contributed by atoms with Crippen LogP contribution in [0.4, 0.5) is 0 Å². The molecule has 0 radical (unpaired) electrons. The Balaban J connectivity index is 0.00000432. The fourth-order valence-electron chi connectivity index (χ4n) is 6.95. The van der Waals surface area contributed by atoms with E-state index in [1.807, 2.05) is 12.2 Å². The Kier molecular flexibility index (Phi) is 8.13. The molecule has 0 atom stereocenters. The number of phosphoric ester groups is 1. The third kappa shape index (κ3) is 5.35. The molecule has 4 nitrogen and oxygen atoms in total. The minimum atomic E-state index is -4.55. The van der Waals surface area contributed by atoms with E-state index in [2.05, 4.69) is 95.2 Å². The molecule has 0 aromatic heterocycles. The summed E-state index contributed by atoms with van der Waals surface area (Å²) in [6.07, 6.45) is 10.3. The van der Waals surface area contributed by atoms with Crippen molar-refractivity contribution in [2.45, 2.75) is 102 Å². The Hall–Kier alpha value is -0.250. The molecule has 2 aliphatic carbocycles. The summed E-state index contributed by atoms with van der Waals surface area (Å²) in [7, 11) is -4.55. The monoisotopic (exact) mass is 512 g/mol. The maximum atomic E-state index is 12.9. The summed E-state index contributed by atoms with van der Waals surface area (Å²) >= 11 is 0. The first-order chi connectivity index (χ1) is 15.1. The number of phosphoric acid groups is 1. The molecule has 0 bridgehead atoms. The molecule has 3 aliphatic rings. The van der Waals surface area contributed by atoms with Gasteiger partial charge < -0.3 is 13.9 Å². The van der Waals surface area contributed by atoms with Gasteiger partial charge in [-0.3, -0.25) is 0 Å². The van der Waals surface area contributed by atoms with Crippen molar-refractivity contribution in [3.63, 3.8) is 0 Å². The quantitative estimate of drug-likeness (QED) is 0.319. The van der Waals surface area contributed by atoms with Crippen molar-refractivity contribution < 1.29 is 48.1 Å². The Bertz CT molecular complexity index is 911. The summed E-state index contributed by atoms with van der Waals surface area (Å²) in [5, 5.41) is 0. The number of hydrogen-bond acceptors (Lipinski definition) is 4. The van der Waals surface area contributed by atoms with Crippen molar-refractivity contribution in [2.75, 3.05) is 0 Å². The second-order valence-electron chi connectivity index (χ2n) is 14.7. The van der Waals surface area contributed by atoms with Crippen molar-refractivity contribution >= 4 is 7.82 Å². The normalized spacial score (nSPS) is 23.8. The molecule has 1 heterocycles. The van der Waals surface area contributed by atoms with Gasteiger partial charge >= 0.3 is 37.4 Å². The summed E-state index contributed by atoms with van der Waals surface area (Å²) in [5.74, 6) is 0.862. The Morgan fingerprint density at radius 1 is 0.686 bits per heavy atom.